The molecule has 3 rings (SSSR count). The summed E-state index contributed by atoms with van der Waals surface area (Å²) in [7, 11) is 1.42. The number of halogens is 1. The molecule has 0 bridgehead atoms. The Balaban J connectivity index is 1.47. The number of hydrogen-bond acceptors (Lipinski definition) is 3. The van der Waals surface area contributed by atoms with Crippen molar-refractivity contribution in [3.05, 3.63) is 65.0 Å². The van der Waals surface area contributed by atoms with E-state index in [0.717, 1.165) is 37.0 Å². The monoisotopic (exact) mass is 398 g/mol. The molecule has 0 unspecified atom stereocenters. The van der Waals surface area contributed by atoms with Crippen LogP contribution in [0.25, 0.3) is 0 Å². The van der Waals surface area contributed by atoms with Gasteiger partial charge in [0.25, 0.3) is 0 Å². The molecule has 0 radical (unpaired) electrons. The van der Waals surface area contributed by atoms with Gasteiger partial charge in [0.1, 0.15) is 0 Å². The van der Waals surface area contributed by atoms with Crippen LogP contribution in [0.1, 0.15) is 37.0 Å². The molecule has 2 aromatic rings. The molecule has 1 fully saturated rings. The standard InChI is InChI=1S/C24H31FN2O2/c1-17-10-18(2)15-27(14-17)16-20-6-4-19(5-7-20)13-26-24(28)12-21-8-9-23(29-3)22(25)11-21/h4-9,11,17-18H,10,12-16H2,1-3H3,(H,26,28)/t17-,18+. The highest BCUT2D eigenvalue weighted by molar-refractivity contribution is 5.78. The summed E-state index contributed by atoms with van der Waals surface area (Å²) in [4.78, 5) is 14.7. The van der Waals surface area contributed by atoms with Gasteiger partial charge in [0.05, 0.1) is 13.5 Å². The summed E-state index contributed by atoms with van der Waals surface area (Å²) in [5.41, 5.74) is 2.99. The third-order valence-corrected chi connectivity index (χ3v) is 5.44. The molecule has 1 saturated heterocycles. The van der Waals surface area contributed by atoms with Gasteiger partial charge in [0.2, 0.25) is 5.91 Å². The first kappa shape index (κ1) is 21.3. The molecule has 1 aliphatic rings. The quantitative estimate of drug-likeness (QED) is 0.761. The Morgan fingerprint density at radius 2 is 1.69 bits per heavy atom. The highest BCUT2D eigenvalue weighted by Crippen LogP contribution is 2.22. The SMILES string of the molecule is COc1ccc(CC(=O)NCc2ccc(CN3C[C@H](C)C[C@H](C)C3)cc2)cc1F. The van der Waals surface area contributed by atoms with Crippen molar-refractivity contribution in [2.45, 2.75) is 39.8 Å². The van der Waals surface area contributed by atoms with Crippen molar-refractivity contribution in [2.24, 2.45) is 11.8 Å². The van der Waals surface area contributed by atoms with E-state index in [9.17, 15) is 9.18 Å². The van der Waals surface area contributed by atoms with Crippen molar-refractivity contribution in [2.75, 3.05) is 20.2 Å². The van der Waals surface area contributed by atoms with Crippen LogP contribution in [0, 0.1) is 17.7 Å². The predicted octanol–water partition coefficient (Wildman–Crippen LogP) is 4.17. The molecule has 29 heavy (non-hydrogen) atoms. The summed E-state index contributed by atoms with van der Waals surface area (Å²) < 4.78 is 18.6. The molecule has 0 saturated carbocycles. The Morgan fingerprint density at radius 3 is 2.31 bits per heavy atom. The first-order valence-electron chi connectivity index (χ1n) is 10.3. The van der Waals surface area contributed by atoms with Crippen LogP contribution in [-0.4, -0.2) is 31.0 Å². The minimum Gasteiger partial charge on any atom is -0.494 e. The van der Waals surface area contributed by atoms with Gasteiger partial charge in [0.15, 0.2) is 11.6 Å². The Labute approximate surface area is 173 Å². The number of amides is 1. The molecule has 1 amide bonds. The number of methoxy groups -OCH3 is 1. The third kappa shape index (κ3) is 6.29. The number of carbonyl (C=O) groups is 1. The fourth-order valence-corrected chi connectivity index (χ4v) is 4.21. The van der Waals surface area contributed by atoms with E-state index in [0.29, 0.717) is 12.1 Å². The summed E-state index contributed by atoms with van der Waals surface area (Å²) in [5, 5.41) is 2.90. The lowest BCUT2D eigenvalue weighted by molar-refractivity contribution is -0.120. The van der Waals surface area contributed by atoms with Gasteiger partial charge in [-0.15, -0.1) is 0 Å². The molecular weight excluding hydrogens is 367 g/mol. The van der Waals surface area contributed by atoms with Crippen LogP contribution in [0.4, 0.5) is 4.39 Å². The molecule has 2 atom stereocenters. The largest absolute Gasteiger partial charge is 0.494 e. The van der Waals surface area contributed by atoms with E-state index < -0.39 is 5.82 Å². The minimum atomic E-state index is -0.453. The number of rotatable bonds is 7. The van der Waals surface area contributed by atoms with Gasteiger partial charge < -0.3 is 10.1 Å². The van der Waals surface area contributed by atoms with Gasteiger partial charge >= 0.3 is 0 Å². The van der Waals surface area contributed by atoms with Crippen LogP contribution in [-0.2, 0) is 24.3 Å². The number of likely N-dealkylation sites (tertiary alicyclic amines) is 1. The van der Waals surface area contributed by atoms with E-state index in [1.807, 2.05) is 0 Å². The molecule has 1 aliphatic heterocycles. The van der Waals surface area contributed by atoms with Crippen LogP contribution >= 0.6 is 0 Å². The highest BCUT2D eigenvalue weighted by Gasteiger charge is 2.21. The van der Waals surface area contributed by atoms with Gasteiger partial charge in [-0.3, -0.25) is 9.69 Å². The predicted molar refractivity (Wildman–Crippen MR) is 113 cm³/mol. The zero-order valence-corrected chi connectivity index (χ0v) is 17.6. The second-order valence-electron chi connectivity index (χ2n) is 8.38. The van der Waals surface area contributed by atoms with E-state index in [4.69, 9.17) is 4.74 Å². The zero-order valence-electron chi connectivity index (χ0n) is 17.6. The molecule has 2 aromatic carbocycles. The van der Waals surface area contributed by atoms with Crippen LogP contribution in [0.5, 0.6) is 5.75 Å². The maximum Gasteiger partial charge on any atom is 0.224 e. The molecule has 0 spiro atoms. The van der Waals surface area contributed by atoms with Crippen LogP contribution in [0.15, 0.2) is 42.5 Å². The van der Waals surface area contributed by atoms with E-state index in [2.05, 4.69) is 48.3 Å². The average Bonchev–Trinajstić information content (AvgIpc) is 2.67. The maximum absolute atomic E-state index is 13.7. The van der Waals surface area contributed by atoms with E-state index in [1.54, 1.807) is 12.1 Å². The highest BCUT2D eigenvalue weighted by atomic mass is 19.1. The zero-order chi connectivity index (χ0) is 20.8. The number of nitrogens with zero attached hydrogens (tertiary/aromatic N) is 1. The Hall–Kier alpha value is -2.40. The molecule has 4 nitrogen and oxygen atoms in total. The maximum atomic E-state index is 13.7. The normalized spacial score (nSPS) is 19.7. The molecule has 1 N–H and O–H groups in total. The Morgan fingerprint density at radius 1 is 1.07 bits per heavy atom. The lowest BCUT2D eigenvalue weighted by Crippen LogP contribution is -2.38. The van der Waals surface area contributed by atoms with Gasteiger partial charge in [-0.1, -0.05) is 44.2 Å². The van der Waals surface area contributed by atoms with Crippen molar-refractivity contribution >= 4 is 5.91 Å². The van der Waals surface area contributed by atoms with Crippen molar-refractivity contribution in [3.63, 3.8) is 0 Å². The van der Waals surface area contributed by atoms with Gasteiger partial charge in [-0.05, 0) is 47.1 Å². The summed E-state index contributed by atoms with van der Waals surface area (Å²) in [6.07, 6.45) is 1.46. The summed E-state index contributed by atoms with van der Waals surface area (Å²) in [6, 6.07) is 13.0. The average molecular weight is 399 g/mol. The van der Waals surface area contributed by atoms with Crippen LogP contribution < -0.4 is 10.1 Å². The van der Waals surface area contributed by atoms with Crippen LogP contribution in [0.3, 0.4) is 0 Å². The van der Waals surface area contributed by atoms with Crippen molar-refractivity contribution < 1.29 is 13.9 Å². The fraction of sp³-hybridized carbons (Fsp3) is 0.458. The van der Waals surface area contributed by atoms with Gasteiger partial charge in [-0.2, -0.15) is 0 Å². The number of benzene rings is 2. The van der Waals surface area contributed by atoms with E-state index in [1.165, 1.54) is 25.2 Å². The molecule has 0 aliphatic carbocycles. The molecule has 5 heteroatoms. The number of ether oxygens (including phenoxy) is 1. The van der Waals surface area contributed by atoms with Gasteiger partial charge in [-0.25, -0.2) is 4.39 Å². The van der Waals surface area contributed by atoms with Crippen molar-refractivity contribution in [1.82, 2.24) is 10.2 Å². The van der Waals surface area contributed by atoms with E-state index in [-0.39, 0.29) is 18.1 Å². The van der Waals surface area contributed by atoms with E-state index >= 15 is 0 Å². The first-order chi connectivity index (χ1) is 13.9. The van der Waals surface area contributed by atoms with Crippen molar-refractivity contribution in [1.29, 1.82) is 0 Å². The number of piperidine rings is 1. The molecular formula is C24H31FN2O2. The number of hydrogen-bond donors (Lipinski definition) is 1. The summed E-state index contributed by atoms with van der Waals surface area (Å²) in [5.74, 6) is 1.11. The smallest absolute Gasteiger partial charge is 0.224 e. The Bertz CT molecular complexity index is 812. The molecule has 156 valence electrons. The second-order valence-corrected chi connectivity index (χ2v) is 8.38. The third-order valence-electron chi connectivity index (χ3n) is 5.44. The minimum absolute atomic E-state index is 0.130. The number of carbonyl (C=O) groups excluding carboxylic acids is 1. The van der Waals surface area contributed by atoms with Gasteiger partial charge in [0, 0.05) is 26.2 Å². The van der Waals surface area contributed by atoms with Crippen molar-refractivity contribution in [3.8, 4) is 5.75 Å². The number of nitrogens with one attached hydrogen (secondary N) is 1. The lowest BCUT2D eigenvalue weighted by atomic mass is 9.91. The first-order valence-corrected chi connectivity index (χ1v) is 10.3. The lowest BCUT2D eigenvalue weighted by Gasteiger charge is -2.35. The molecule has 0 aromatic heterocycles. The summed E-state index contributed by atoms with van der Waals surface area (Å²) in [6.45, 7) is 8.42. The Kier molecular flexibility index (Phi) is 7.26. The second kappa shape index (κ2) is 9.88. The van der Waals surface area contributed by atoms with Crippen LogP contribution in [0.2, 0.25) is 0 Å². The summed E-state index contributed by atoms with van der Waals surface area (Å²) >= 11 is 0. The molecule has 1 heterocycles. The topological polar surface area (TPSA) is 41.6 Å². The fourth-order valence-electron chi connectivity index (χ4n) is 4.21.